The van der Waals surface area contributed by atoms with Gasteiger partial charge in [0.15, 0.2) is 0 Å². The SMILES string of the molecule is CCCNc1c(C)c(C(F)(F)F)nc2c(C)ccc(Br)c12. The summed E-state index contributed by atoms with van der Waals surface area (Å²) >= 11 is 3.42. The maximum atomic E-state index is 13.2. The first-order valence-electron chi connectivity index (χ1n) is 6.67. The van der Waals surface area contributed by atoms with Gasteiger partial charge in [-0.1, -0.05) is 28.9 Å². The summed E-state index contributed by atoms with van der Waals surface area (Å²) in [5, 5.41) is 3.82. The van der Waals surface area contributed by atoms with Crippen molar-refractivity contribution >= 4 is 32.5 Å². The number of alkyl halides is 3. The number of aryl methyl sites for hydroxylation is 1. The van der Waals surface area contributed by atoms with E-state index in [1.807, 2.05) is 13.0 Å². The molecular formula is C15H16BrF3N2. The number of fused-ring (bicyclic) bond motifs is 1. The van der Waals surface area contributed by atoms with Crippen molar-refractivity contribution in [2.45, 2.75) is 33.4 Å². The molecule has 0 saturated heterocycles. The van der Waals surface area contributed by atoms with Gasteiger partial charge < -0.3 is 5.32 Å². The van der Waals surface area contributed by atoms with Gasteiger partial charge in [0.2, 0.25) is 0 Å². The van der Waals surface area contributed by atoms with Crippen LogP contribution in [0.25, 0.3) is 10.9 Å². The van der Waals surface area contributed by atoms with E-state index in [0.717, 1.165) is 16.5 Å². The Morgan fingerprint density at radius 3 is 2.48 bits per heavy atom. The van der Waals surface area contributed by atoms with Gasteiger partial charge >= 0.3 is 6.18 Å². The van der Waals surface area contributed by atoms with E-state index >= 15 is 0 Å². The Hall–Kier alpha value is -1.30. The normalized spacial score (nSPS) is 12.0. The van der Waals surface area contributed by atoms with Gasteiger partial charge in [-0.15, -0.1) is 0 Å². The third-order valence-corrected chi connectivity index (χ3v) is 4.01. The van der Waals surface area contributed by atoms with E-state index in [4.69, 9.17) is 0 Å². The molecule has 2 nitrogen and oxygen atoms in total. The Morgan fingerprint density at radius 1 is 1.24 bits per heavy atom. The van der Waals surface area contributed by atoms with E-state index in [1.165, 1.54) is 6.92 Å². The average Bonchev–Trinajstić information content (AvgIpc) is 2.40. The van der Waals surface area contributed by atoms with Crippen molar-refractivity contribution in [2.75, 3.05) is 11.9 Å². The van der Waals surface area contributed by atoms with Crippen LogP contribution in [0.3, 0.4) is 0 Å². The highest BCUT2D eigenvalue weighted by Gasteiger charge is 2.36. The predicted molar refractivity (Wildman–Crippen MR) is 82.7 cm³/mol. The van der Waals surface area contributed by atoms with Gasteiger partial charge in [0.1, 0.15) is 5.69 Å². The lowest BCUT2D eigenvalue weighted by atomic mass is 10.0. The zero-order chi connectivity index (χ0) is 15.8. The summed E-state index contributed by atoms with van der Waals surface area (Å²) in [5.74, 6) is 0. The van der Waals surface area contributed by atoms with Crippen LogP contribution in [0.1, 0.15) is 30.2 Å². The first kappa shape index (κ1) is 16.1. The van der Waals surface area contributed by atoms with Crippen LogP contribution >= 0.6 is 15.9 Å². The maximum Gasteiger partial charge on any atom is 0.433 e. The summed E-state index contributed by atoms with van der Waals surface area (Å²) in [6, 6.07) is 3.60. The van der Waals surface area contributed by atoms with Gasteiger partial charge in [0.25, 0.3) is 0 Å². The minimum absolute atomic E-state index is 0.134. The fraction of sp³-hybridized carbons (Fsp3) is 0.400. The predicted octanol–water partition coefficient (Wildman–Crippen LogP) is 5.45. The minimum Gasteiger partial charge on any atom is -0.384 e. The number of hydrogen-bond acceptors (Lipinski definition) is 2. The fourth-order valence-electron chi connectivity index (χ4n) is 2.30. The fourth-order valence-corrected chi connectivity index (χ4v) is 2.82. The van der Waals surface area contributed by atoms with Gasteiger partial charge in [0, 0.05) is 27.7 Å². The molecule has 21 heavy (non-hydrogen) atoms. The molecule has 0 saturated carbocycles. The van der Waals surface area contributed by atoms with Crippen molar-refractivity contribution in [3.05, 3.63) is 33.4 Å². The topological polar surface area (TPSA) is 24.9 Å². The molecule has 0 aliphatic carbocycles. The summed E-state index contributed by atoms with van der Waals surface area (Å²) < 4.78 is 40.4. The number of pyridine rings is 1. The van der Waals surface area contributed by atoms with E-state index in [2.05, 4.69) is 26.2 Å². The monoisotopic (exact) mass is 360 g/mol. The van der Waals surface area contributed by atoms with Crippen LogP contribution in [0.2, 0.25) is 0 Å². The third-order valence-electron chi connectivity index (χ3n) is 3.35. The van der Waals surface area contributed by atoms with Crippen LogP contribution in [0.5, 0.6) is 0 Å². The van der Waals surface area contributed by atoms with Crippen LogP contribution in [-0.2, 0) is 6.18 Å². The Morgan fingerprint density at radius 2 is 1.90 bits per heavy atom. The van der Waals surface area contributed by atoms with Crippen molar-refractivity contribution in [1.82, 2.24) is 4.98 Å². The Labute approximate surface area is 129 Å². The molecule has 0 unspecified atom stereocenters. The Bertz CT molecular complexity index is 681. The van der Waals surface area contributed by atoms with E-state index in [-0.39, 0.29) is 5.56 Å². The van der Waals surface area contributed by atoms with Crippen LogP contribution in [0, 0.1) is 13.8 Å². The average molecular weight is 361 g/mol. The summed E-state index contributed by atoms with van der Waals surface area (Å²) in [7, 11) is 0. The standard InChI is InChI=1S/C15H16BrF3N2/c1-4-7-20-13-9(3)14(15(17,18)19)21-12-8(2)5-6-10(16)11(12)13/h5-6H,4,7H2,1-3H3,(H,20,21). The molecule has 2 rings (SSSR count). The second-order valence-corrected chi connectivity index (χ2v) is 5.83. The first-order chi connectivity index (χ1) is 9.77. The molecule has 6 heteroatoms. The quantitative estimate of drug-likeness (QED) is 0.786. The van der Waals surface area contributed by atoms with E-state index < -0.39 is 11.9 Å². The molecule has 0 radical (unpaired) electrons. The maximum absolute atomic E-state index is 13.2. The van der Waals surface area contributed by atoms with Gasteiger partial charge in [-0.25, -0.2) is 4.98 Å². The molecule has 0 atom stereocenters. The van der Waals surface area contributed by atoms with Crippen molar-refractivity contribution in [3.63, 3.8) is 0 Å². The van der Waals surface area contributed by atoms with Crippen molar-refractivity contribution in [2.24, 2.45) is 0 Å². The van der Waals surface area contributed by atoms with E-state index in [9.17, 15) is 13.2 Å². The van der Waals surface area contributed by atoms with E-state index in [1.54, 1.807) is 13.0 Å². The van der Waals surface area contributed by atoms with Gasteiger partial charge in [-0.2, -0.15) is 13.2 Å². The lowest BCUT2D eigenvalue weighted by molar-refractivity contribution is -0.141. The molecule has 0 fully saturated rings. The van der Waals surface area contributed by atoms with Crippen LogP contribution in [0.15, 0.2) is 16.6 Å². The van der Waals surface area contributed by atoms with E-state index in [0.29, 0.717) is 23.1 Å². The van der Waals surface area contributed by atoms with Crippen molar-refractivity contribution in [3.8, 4) is 0 Å². The van der Waals surface area contributed by atoms with Crippen LogP contribution in [-0.4, -0.2) is 11.5 Å². The number of halogens is 4. The number of nitrogens with one attached hydrogen (secondary N) is 1. The number of rotatable bonds is 3. The van der Waals surface area contributed by atoms with Crippen LogP contribution < -0.4 is 5.32 Å². The molecule has 1 aromatic heterocycles. The summed E-state index contributed by atoms with van der Waals surface area (Å²) in [6.45, 7) is 5.80. The molecule has 114 valence electrons. The van der Waals surface area contributed by atoms with Crippen molar-refractivity contribution in [1.29, 1.82) is 0 Å². The number of nitrogens with zero attached hydrogens (tertiary/aromatic N) is 1. The molecule has 1 aromatic carbocycles. The largest absolute Gasteiger partial charge is 0.433 e. The first-order valence-corrected chi connectivity index (χ1v) is 7.47. The second kappa shape index (κ2) is 5.83. The smallest absolute Gasteiger partial charge is 0.384 e. The number of hydrogen-bond donors (Lipinski definition) is 1. The van der Waals surface area contributed by atoms with Gasteiger partial charge in [-0.3, -0.25) is 0 Å². The molecule has 0 spiro atoms. The lowest BCUT2D eigenvalue weighted by Crippen LogP contribution is -2.14. The lowest BCUT2D eigenvalue weighted by Gasteiger charge is -2.19. The Kier molecular flexibility index (Phi) is 4.46. The Balaban J connectivity index is 2.86. The summed E-state index contributed by atoms with van der Waals surface area (Å²) in [5.41, 5.74) is 0.911. The molecule has 2 aromatic rings. The number of anilines is 1. The molecule has 0 aliphatic rings. The third kappa shape index (κ3) is 3.00. The second-order valence-electron chi connectivity index (χ2n) is 4.97. The van der Waals surface area contributed by atoms with Gasteiger partial charge in [-0.05, 0) is 31.9 Å². The summed E-state index contributed by atoms with van der Waals surface area (Å²) in [4.78, 5) is 3.88. The zero-order valence-electron chi connectivity index (χ0n) is 12.0. The van der Waals surface area contributed by atoms with Gasteiger partial charge in [0.05, 0.1) is 5.52 Å². The number of aromatic nitrogens is 1. The number of benzene rings is 1. The molecule has 0 amide bonds. The molecule has 0 bridgehead atoms. The highest BCUT2D eigenvalue weighted by Crippen LogP contribution is 2.40. The molecule has 0 aliphatic heterocycles. The molecule has 1 heterocycles. The van der Waals surface area contributed by atoms with Crippen LogP contribution in [0.4, 0.5) is 18.9 Å². The minimum atomic E-state index is -4.46. The molecular weight excluding hydrogens is 345 g/mol. The summed E-state index contributed by atoms with van der Waals surface area (Å²) in [6.07, 6.45) is -3.64. The highest BCUT2D eigenvalue weighted by molar-refractivity contribution is 9.10. The zero-order valence-corrected chi connectivity index (χ0v) is 13.6. The molecule has 1 N–H and O–H groups in total. The highest BCUT2D eigenvalue weighted by atomic mass is 79.9. The van der Waals surface area contributed by atoms with Crippen molar-refractivity contribution < 1.29 is 13.2 Å².